The Labute approximate surface area is 125 Å². The second-order valence-electron chi connectivity index (χ2n) is 4.71. The van der Waals surface area contributed by atoms with E-state index in [4.69, 9.17) is 0 Å². The van der Waals surface area contributed by atoms with Crippen LogP contribution in [-0.4, -0.2) is 32.1 Å². The number of imidazole rings is 1. The molecule has 110 valence electrons. The molecule has 3 aromatic heterocycles. The molecule has 21 heavy (non-hydrogen) atoms. The van der Waals surface area contributed by atoms with Crippen molar-refractivity contribution in [2.24, 2.45) is 7.05 Å². The van der Waals surface area contributed by atoms with Crippen molar-refractivity contribution >= 4 is 22.2 Å². The third kappa shape index (κ3) is 2.81. The van der Waals surface area contributed by atoms with Crippen LogP contribution in [-0.2, 0) is 18.4 Å². The third-order valence-corrected chi connectivity index (χ3v) is 3.97. The van der Waals surface area contributed by atoms with Crippen molar-refractivity contribution in [3.63, 3.8) is 0 Å². The molecule has 0 aliphatic rings. The van der Waals surface area contributed by atoms with Crippen LogP contribution in [0, 0.1) is 0 Å². The first-order chi connectivity index (χ1) is 10.2. The van der Waals surface area contributed by atoms with Crippen molar-refractivity contribution in [2.75, 3.05) is 7.05 Å². The predicted octanol–water partition coefficient (Wildman–Crippen LogP) is 0.706. The number of nitrogens with zero attached hydrogens (tertiary/aromatic N) is 4. The molecule has 3 heterocycles. The van der Waals surface area contributed by atoms with E-state index in [0.29, 0.717) is 6.54 Å². The van der Waals surface area contributed by atoms with Gasteiger partial charge in [0.25, 0.3) is 0 Å². The lowest BCUT2D eigenvalue weighted by atomic mass is 10.1. The number of hydrogen-bond acceptors (Lipinski definition) is 5. The van der Waals surface area contributed by atoms with E-state index in [2.05, 4.69) is 20.7 Å². The Morgan fingerprint density at radius 1 is 1.48 bits per heavy atom. The number of hydrogen-bond donors (Lipinski definition) is 2. The van der Waals surface area contributed by atoms with E-state index < -0.39 is 6.04 Å². The summed E-state index contributed by atoms with van der Waals surface area (Å²) in [6.07, 6.45) is 7.38. The van der Waals surface area contributed by atoms with Gasteiger partial charge in [0.2, 0.25) is 5.91 Å². The largest absolute Gasteiger partial charge is 0.349 e. The summed E-state index contributed by atoms with van der Waals surface area (Å²) in [6, 6.07) is -0.414. The summed E-state index contributed by atoms with van der Waals surface area (Å²) >= 11 is 1.57. The Morgan fingerprint density at radius 3 is 3.00 bits per heavy atom. The first kappa shape index (κ1) is 13.8. The number of carbonyl (C=O) groups excluding carboxylic acids is 1. The summed E-state index contributed by atoms with van der Waals surface area (Å²) in [6.45, 7) is 0.408. The summed E-state index contributed by atoms with van der Waals surface area (Å²) in [7, 11) is 3.58. The topological polar surface area (TPSA) is 76.2 Å². The van der Waals surface area contributed by atoms with Gasteiger partial charge in [-0.25, -0.2) is 4.98 Å². The smallest absolute Gasteiger partial charge is 0.242 e. The van der Waals surface area contributed by atoms with Gasteiger partial charge in [-0.05, 0) is 7.05 Å². The molecular formula is C13H16N6OS. The molecule has 7 nitrogen and oxygen atoms in total. The van der Waals surface area contributed by atoms with E-state index in [9.17, 15) is 4.79 Å². The maximum Gasteiger partial charge on any atom is 0.242 e. The molecule has 0 radical (unpaired) electrons. The Balaban J connectivity index is 1.66. The Morgan fingerprint density at radius 2 is 2.33 bits per heavy atom. The van der Waals surface area contributed by atoms with E-state index in [1.54, 1.807) is 29.3 Å². The Bertz CT molecular complexity index is 729. The van der Waals surface area contributed by atoms with Gasteiger partial charge in [0.05, 0.1) is 18.4 Å². The molecule has 0 saturated heterocycles. The van der Waals surface area contributed by atoms with Gasteiger partial charge in [-0.15, -0.1) is 11.3 Å². The molecular weight excluding hydrogens is 288 g/mol. The third-order valence-electron chi connectivity index (χ3n) is 3.20. The predicted molar refractivity (Wildman–Crippen MR) is 79.9 cm³/mol. The first-order valence-corrected chi connectivity index (χ1v) is 7.40. The average molecular weight is 304 g/mol. The lowest BCUT2D eigenvalue weighted by Gasteiger charge is -2.13. The fourth-order valence-corrected chi connectivity index (χ4v) is 2.90. The number of fused-ring (bicyclic) bond motifs is 1. The van der Waals surface area contributed by atoms with Gasteiger partial charge < -0.3 is 10.6 Å². The van der Waals surface area contributed by atoms with Gasteiger partial charge in [-0.2, -0.15) is 5.10 Å². The van der Waals surface area contributed by atoms with Crippen molar-refractivity contribution in [1.29, 1.82) is 0 Å². The number of aryl methyl sites for hydroxylation is 1. The van der Waals surface area contributed by atoms with Gasteiger partial charge in [0, 0.05) is 36.6 Å². The van der Waals surface area contributed by atoms with Crippen LogP contribution >= 0.6 is 11.3 Å². The summed E-state index contributed by atoms with van der Waals surface area (Å²) in [5.74, 6) is -0.0955. The minimum absolute atomic E-state index is 0.0955. The fourth-order valence-electron chi connectivity index (χ4n) is 2.18. The number of rotatable bonds is 5. The molecule has 0 saturated carbocycles. The number of thiazole rings is 1. The van der Waals surface area contributed by atoms with Crippen LogP contribution < -0.4 is 10.6 Å². The highest BCUT2D eigenvalue weighted by molar-refractivity contribution is 7.15. The zero-order valence-electron chi connectivity index (χ0n) is 11.8. The van der Waals surface area contributed by atoms with Crippen molar-refractivity contribution < 1.29 is 4.79 Å². The van der Waals surface area contributed by atoms with E-state index in [1.165, 1.54) is 0 Å². The lowest BCUT2D eigenvalue weighted by molar-refractivity contribution is -0.123. The van der Waals surface area contributed by atoms with Gasteiger partial charge in [0.15, 0.2) is 4.96 Å². The zero-order chi connectivity index (χ0) is 14.8. The summed E-state index contributed by atoms with van der Waals surface area (Å²) in [4.78, 5) is 17.6. The van der Waals surface area contributed by atoms with Gasteiger partial charge in [-0.1, -0.05) is 0 Å². The molecule has 3 aromatic rings. The van der Waals surface area contributed by atoms with Gasteiger partial charge in [0.1, 0.15) is 6.04 Å². The van der Waals surface area contributed by atoms with Gasteiger partial charge in [-0.3, -0.25) is 13.9 Å². The summed E-state index contributed by atoms with van der Waals surface area (Å²) in [5.41, 5.74) is 1.68. The highest BCUT2D eigenvalue weighted by atomic mass is 32.1. The summed E-state index contributed by atoms with van der Waals surface area (Å²) < 4.78 is 3.62. The monoisotopic (exact) mass is 304 g/mol. The number of carbonyl (C=O) groups is 1. The molecule has 0 bridgehead atoms. The minimum atomic E-state index is -0.414. The molecule has 2 N–H and O–H groups in total. The Hall–Kier alpha value is -2.19. The quantitative estimate of drug-likeness (QED) is 0.728. The van der Waals surface area contributed by atoms with Crippen molar-refractivity contribution in [3.8, 4) is 0 Å². The zero-order valence-corrected chi connectivity index (χ0v) is 12.6. The minimum Gasteiger partial charge on any atom is -0.349 e. The molecule has 0 spiro atoms. The Kier molecular flexibility index (Phi) is 3.72. The number of aromatic nitrogens is 4. The van der Waals surface area contributed by atoms with Crippen LogP contribution in [0.5, 0.6) is 0 Å². The van der Waals surface area contributed by atoms with Crippen molar-refractivity contribution in [3.05, 3.63) is 41.4 Å². The van der Waals surface area contributed by atoms with E-state index in [0.717, 1.165) is 16.2 Å². The standard InChI is InChI=1S/C13H16N6OS/c1-14-11(9-5-16-18(2)7-9)12(20)15-6-10-8-19-3-4-21-13(19)17-10/h3-5,7-8,11,14H,6H2,1-2H3,(H,15,20). The number of likely N-dealkylation sites (N-methyl/N-ethyl adjacent to an activating group) is 1. The van der Waals surface area contributed by atoms with E-state index in [-0.39, 0.29) is 5.91 Å². The average Bonchev–Trinajstić information content (AvgIpc) is 3.13. The second kappa shape index (κ2) is 5.66. The van der Waals surface area contributed by atoms with Crippen LogP contribution in [0.15, 0.2) is 30.2 Å². The maximum absolute atomic E-state index is 12.3. The molecule has 0 fully saturated rings. The lowest BCUT2D eigenvalue weighted by Crippen LogP contribution is -2.35. The molecule has 0 aliphatic heterocycles. The van der Waals surface area contributed by atoms with Crippen LogP contribution in [0.25, 0.3) is 4.96 Å². The normalized spacial score (nSPS) is 12.7. The van der Waals surface area contributed by atoms with Crippen LogP contribution in [0.3, 0.4) is 0 Å². The molecule has 3 rings (SSSR count). The fraction of sp³-hybridized carbons (Fsp3) is 0.308. The van der Waals surface area contributed by atoms with Crippen LogP contribution in [0.4, 0.5) is 0 Å². The second-order valence-corrected chi connectivity index (χ2v) is 5.58. The maximum atomic E-state index is 12.3. The van der Waals surface area contributed by atoms with Crippen molar-refractivity contribution in [1.82, 2.24) is 29.8 Å². The highest BCUT2D eigenvalue weighted by Gasteiger charge is 2.20. The van der Waals surface area contributed by atoms with E-state index in [1.807, 2.05) is 35.4 Å². The molecule has 1 amide bonds. The number of amides is 1. The molecule has 1 atom stereocenters. The summed E-state index contributed by atoms with van der Waals surface area (Å²) in [5, 5.41) is 12.0. The SMILES string of the molecule is CNC(C(=O)NCc1cn2ccsc2n1)c1cnn(C)c1. The molecule has 0 aliphatic carbocycles. The number of nitrogens with one attached hydrogen (secondary N) is 2. The van der Waals surface area contributed by atoms with Crippen LogP contribution in [0.1, 0.15) is 17.3 Å². The molecule has 8 heteroatoms. The molecule has 0 aromatic carbocycles. The molecule has 1 unspecified atom stereocenters. The van der Waals surface area contributed by atoms with Crippen molar-refractivity contribution in [2.45, 2.75) is 12.6 Å². The van der Waals surface area contributed by atoms with Crippen LogP contribution in [0.2, 0.25) is 0 Å². The van der Waals surface area contributed by atoms with Gasteiger partial charge >= 0.3 is 0 Å². The first-order valence-electron chi connectivity index (χ1n) is 6.52. The highest BCUT2D eigenvalue weighted by Crippen LogP contribution is 2.13. The van der Waals surface area contributed by atoms with E-state index >= 15 is 0 Å².